The largest absolute Gasteiger partial charge is 0.366 e. The number of rotatable bonds is 2. The Balaban J connectivity index is 2.38. The van der Waals surface area contributed by atoms with E-state index in [9.17, 15) is 9.18 Å². The summed E-state index contributed by atoms with van der Waals surface area (Å²) in [5, 5.41) is 1.09. The fourth-order valence-corrected chi connectivity index (χ4v) is 2.35. The molecule has 0 bridgehead atoms. The Hall–Kier alpha value is -1.90. The van der Waals surface area contributed by atoms with E-state index in [1.165, 1.54) is 6.07 Å². The zero-order valence-corrected chi connectivity index (χ0v) is 9.24. The van der Waals surface area contributed by atoms with Crippen molar-refractivity contribution < 1.29 is 9.18 Å². The highest BCUT2D eigenvalue weighted by Gasteiger charge is 2.28. The van der Waals surface area contributed by atoms with Gasteiger partial charge in [0.2, 0.25) is 5.91 Å². The first-order valence-electron chi connectivity index (χ1n) is 5.69. The van der Waals surface area contributed by atoms with E-state index in [2.05, 4.69) is 0 Å². The van der Waals surface area contributed by atoms with Gasteiger partial charge in [-0.2, -0.15) is 0 Å². The van der Waals surface area contributed by atoms with Crippen LogP contribution in [0, 0.1) is 5.82 Å². The van der Waals surface area contributed by atoms with Gasteiger partial charge in [-0.15, -0.1) is 0 Å². The lowest BCUT2D eigenvalue weighted by atomic mass is 9.95. The van der Waals surface area contributed by atoms with Gasteiger partial charge in [-0.1, -0.05) is 24.3 Å². The number of amides is 1. The summed E-state index contributed by atoms with van der Waals surface area (Å²) in [4.78, 5) is 11.6. The van der Waals surface area contributed by atoms with Gasteiger partial charge in [0.15, 0.2) is 0 Å². The zero-order valence-electron chi connectivity index (χ0n) is 9.24. The van der Waals surface area contributed by atoms with E-state index in [-0.39, 0.29) is 5.82 Å². The Morgan fingerprint density at radius 1 is 1.18 bits per heavy atom. The van der Waals surface area contributed by atoms with Crippen LogP contribution in [0.25, 0.3) is 10.8 Å². The minimum atomic E-state index is -0.469. The molecular formula is C14H12FNO. The standard InChI is InChI=1S/C14H12FNO/c15-12-3-1-2-11-10(12)7-6-9(8-4-5-8)13(11)14(16)17/h1-3,6-8H,4-5H2,(H2,16,17). The van der Waals surface area contributed by atoms with Crippen molar-refractivity contribution in [1.82, 2.24) is 0 Å². The van der Waals surface area contributed by atoms with Crippen LogP contribution in [0.5, 0.6) is 0 Å². The first-order chi connectivity index (χ1) is 8.18. The second-order valence-electron chi connectivity index (χ2n) is 4.50. The average molecular weight is 229 g/mol. The molecule has 0 spiro atoms. The maximum Gasteiger partial charge on any atom is 0.249 e. The quantitative estimate of drug-likeness (QED) is 0.845. The predicted octanol–water partition coefficient (Wildman–Crippen LogP) is 2.96. The third-order valence-corrected chi connectivity index (χ3v) is 3.30. The molecule has 3 heteroatoms. The third kappa shape index (κ3) is 1.58. The van der Waals surface area contributed by atoms with E-state index in [0.717, 1.165) is 18.4 Å². The second-order valence-corrected chi connectivity index (χ2v) is 4.50. The minimum Gasteiger partial charge on any atom is -0.366 e. The van der Waals surface area contributed by atoms with Crippen molar-refractivity contribution in [3.05, 3.63) is 47.3 Å². The Morgan fingerprint density at radius 3 is 2.59 bits per heavy atom. The van der Waals surface area contributed by atoms with Gasteiger partial charge in [-0.05, 0) is 35.8 Å². The van der Waals surface area contributed by atoms with Crippen LogP contribution in [-0.2, 0) is 0 Å². The van der Waals surface area contributed by atoms with Crippen LogP contribution < -0.4 is 5.73 Å². The van der Waals surface area contributed by atoms with Gasteiger partial charge in [0.25, 0.3) is 0 Å². The summed E-state index contributed by atoms with van der Waals surface area (Å²) >= 11 is 0. The SMILES string of the molecule is NC(=O)c1c(C2CC2)ccc2c(F)cccc12. The fraction of sp³-hybridized carbons (Fsp3) is 0.214. The molecule has 1 aliphatic rings. The van der Waals surface area contributed by atoms with Gasteiger partial charge >= 0.3 is 0 Å². The fourth-order valence-electron chi connectivity index (χ4n) is 2.35. The van der Waals surface area contributed by atoms with Crippen molar-refractivity contribution in [2.24, 2.45) is 5.73 Å². The van der Waals surface area contributed by atoms with Crippen LogP contribution in [0.4, 0.5) is 4.39 Å². The predicted molar refractivity (Wildman–Crippen MR) is 64.4 cm³/mol. The van der Waals surface area contributed by atoms with Crippen LogP contribution in [0.15, 0.2) is 30.3 Å². The molecule has 0 saturated heterocycles. The lowest BCUT2D eigenvalue weighted by molar-refractivity contribution is 0.100. The highest BCUT2D eigenvalue weighted by atomic mass is 19.1. The molecule has 0 aliphatic heterocycles. The molecule has 1 saturated carbocycles. The Bertz CT molecular complexity index is 617. The minimum absolute atomic E-state index is 0.313. The van der Waals surface area contributed by atoms with Gasteiger partial charge in [-0.3, -0.25) is 4.79 Å². The third-order valence-electron chi connectivity index (χ3n) is 3.30. The summed E-state index contributed by atoms with van der Waals surface area (Å²) < 4.78 is 13.6. The molecule has 2 aromatic carbocycles. The number of hydrogen-bond donors (Lipinski definition) is 1. The summed E-state index contributed by atoms with van der Waals surface area (Å²) in [7, 11) is 0. The van der Waals surface area contributed by atoms with Crippen molar-refractivity contribution in [3.8, 4) is 0 Å². The summed E-state index contributed by atoms with van der Waals surface area (Å²) in [5.41, 5.74) is 6.89. The number of primary amides is 1. The van der Waals surface area contributed by atoms with Gasteiger partial charge in [0, 0.05) is 5.39 Å². The van der Waals surface area contributed by atoms with Crippen LogP contribution in [0.3, 0.4) is 0 Å². The molecule has 0 heterocycles. The molecule has 0 atom stereocenters. The first kappa shape index (κ1) is 10.3. The summed E-state index contributed by atoms with van der Waals surface area (Å²) in [6, 6.07) is 8.34. The second kappa shape index (κ2) is 3.55. The average Bonchev–Trinajstić information content (AvgIpc) is 3.11. The number of carbonyl (C=O) groups is 1. The van der Waals surface area contributed by atoms with Crippen molar-refractivity contribution in [1.29, 1.82) is 0 Å². The molecule has 1 amide bonds. The van der Waals surface area contributed by atoms with Crippen molar-refractivity contribution in [3.63, 3.8) is 0 Å². The molecule has 0 unspecified atom stereocenters. The van der Waals surface area contributed by atoms with Gasteiger partial charge in [-0.25, -0.2) is 4.39 Å². The molecule has 3 rings (SSSR count). The highest BCUT2D eigenvalue weighted by molar-refractivity contribution is 6.08. The summed E-state index contributed by atoms with van der Waals surface area (Å²) in [6.07, 6.45) is 2.17. The number of fused-ring (bicyclic) bond motifs is 1. The van der Waals surface area contributed by atoms with Gasteiger partial charge < -0.3 is 5.73 Å². The van der Waals surface area contributed by atoms with E-state index in [4.69, 9.17) is 5.73 Å². The van der Waals surface area contributed by atoms with Crippen LogP contribution in [0.1, 0.15) is 34.7 Å². The first-order valence-corrected chi connectivity index (χ1v) is 5.69. The number of nitrogens with two attached hydrogens (primary N) is 1. The topological polar surface area (TPSA) is 43.1 Å². The molecule has 86 valence electrons. The van der Waals surface area contributed by atoms with Crippen LogP contribution in [0.2, 0.25) is 0 Å². The Labute approximate surface area is 98.2 Å². The summed E-state index contributed by atoms with van der Waals surface area (Å²) in [5.74, 6) is -0.361. The number of benzene rings is 2. The monoisotopic (exact) mass is 229 g/mol. The molecule has 2 nitrogen and oxygen atoms in total. The van der Waals surface area contributed by atoms with Crippen molar-refractivity contribution in [2.75, 3.05) is 0 Å². The Morgan fingerprint density at radius 2 is 1.94 bits per heavy atom. The van der Waals surface area contributed by atoms with E-state index >= 15 is 0 Å². The smallest absolute Gasteiger partial charge is 0.249 e. The maximum atomic E-state index is 13.6. The molecule has 0 radical (unpaired) electrons. The summed E-state index contributed by atoms with van der Waals surface area (Å²) in [6.45, 7) is 0. The van der Waals surface area contributed by atoms with Gasteiger partial charge in [0.05, 0.1) is 5.56 Å². The highest BCUT2D eigenvalue weighted by Crippen LogP contribution is 2.43. The van der Waals surface area contributed by atoms with Crippen molar-refractivity contribution in [2.45, 2.75) is 18.8 Å². The molecule has 17 heavy (non-hydrogen) atoms. The number of halogens is 1. The number of hydrogen-bond acceptors (Lipinski definition) is 1. The lowest BCUT2D eigenvalue weighted by Crippen LogP contribution is -2.14. The van der Waals surface area contributed by atoms with E-state index < -0.39 is 5.91 Å². The molecule has 0 aromatic heterocycles. The molecule has 2 N–H and O–H groups in total. The van der Waals surface area contributed by atoms with Crippen LogP contribution in [-0.4, -0.2) is 5.91 Å². The normalized spacial score (nSPS) is 15.1. The number of carbonyl (C=O) groups excluding carboxylic acids is 1. The van der Waals surface area contributed by atoms with Crippen LogP contribution >= 0.6 is 0 Å². The molecule has 2 aromatic rings. The van der Waals surface area contributed by atoms with Gasteiger partial charge in [0.1, 0.15) is 5.82 Å². The van der Waals surface area contributed by atoms with Crippen molar-refractivity contribution >= 4 is 16.7 Å². The molecule has 1 fully saturated rings. The molecular weight excluding hydrogens is 217 g/mol. The molecule has 1 aliphatic carbocycles. The van der Waals surface area contributed by atoms with E-state index in [1.54, 1.807) is 18.2 Å². The lowest BCUT2D eigenvalue weighted by Gasteiger charge is -2.10. The van der Waals surface area contributed by atoms with E-state index in [0.29, 0.717) is 22.3 Å². The maximum absolute atomic E-state index is 13.6. The Kier molecular flexibility index (Phi) is 2.15. The zero-order chi connectivity index (χ0) is 12.0. The van der Waals surface area contributed by atoms with E-state index in [1.807, 2.05) is 6.07 Å².